The Labute approximate surface area is 72.9 Å². The number of carboxylic acid groups (broad SMARTS) is 1. The molecule has 0 aliphatic rings. The van der Waals surface area contributed by atoms with Crippen molar-refractivity contribution in [2.45, 2.75) is 0 Å². The SMILES string of the molecule is COc1nnc(C(=O)O)cc1Cl. The fourth-order valence-electron chi connectivity index (χ4n) is 0.601. The molecule has 5 nitrogen and oxygen atoms in total. The summed E-state index contributed by atoms with van der Waals surface area (Å²) in [5, 5.41) is 15.4. The number of halogens is 1. The zero-order valence-electron chi connectivity index (χ0n) is 6.11. The molecule has 1 N–H and O–H groups in total. The van der Waals surface area contributed by atoms with Crippen LogP contribution < -0.4 is 4.74 Å². The number of hydrogen-bond acceptors (Lipinski definition) is 4. The minimum atomic E-state index is -1.17. The van der Waals surface area contributed by atoms with Crippen molar-refractivity contribution < 1.29 is 14.6 Å². The third-order valence-electron chi connectivity index (χ3n) is 1.13. The molecule has 0 unspecified atom stereocenters. The Morgan fingerprint density at radius 2 is 2.33 bits per heavy atom. The summed E-state index contributed by atoms with van der Waals surface area (Å²) < 4.78 is 4.68. The highest BCUT2D eigenvalue weighted by Crippen LogP contribution is 2.19. The van der Waals surface area contributed by atoms with E-state index in [0.29, 0.717) is 0 Å². The van der Waals surface area contributed by atoms with Crippen LogP contribution in [-0.4, -0.2) is 28.4 Å². The molecule has 0 fully saturated rings. The average Bonchev–Trinajstić information content (AvgIpc) is 2.04. The van der Waals surface area contributed by atoms with Gasteiger partial charge in [-0.2, -0.15) is 0 Å². The zero-order chi connectivity index (χ0) is 9.14. The number of aromatic nitrogens is 2. The maximum atomic E-state index is 10.4. The summed E-state index contributed by atoms with van der Waals surface area (Å²) in [6, 6.07) is 1.18. The van der Waals surface area contributed by atoms with Crippen LogP contribution in [0.1, 0.15) is 10.5 Å². The van der Waals surface area contributed by atoms with Crippen molar-refractivity contribution in [2.24, 2.45) is 0 Å². The predicted octanol–water partition coefficient (Wildman–Crippen LogP) is 0.837. The van der Waals surface area contributed by atoms with E-state index >= 15 is 0 Å². The molecule has 1 aromatic rings. The molecule has 0 saturated carbocycles. The lowest BCUT2D eigenvalue weighted by Crippen LogP contribution is -2.03. The van der Waals surface area contributed by atoms with Crippen LogP contribution >= 0.6 is 11.6 Å². The second kappa shape index (κ2) is 3.36. The Bertz CT molecular complexity index is 316. The van der Waals surface area contributed by atoms with Gasteiger partial charge in [0.2, 0.25) is 0 Å². The van der Waals surface area contributed by atoms with Gasteiger partial charge in [0.15, 0.2) is 5.69 Å². The Balaban J connectivity index is 3.10. The molecule has 0 atom stereocenters. The second-order valence-corrected chi connectivity index (χ2v) is 2.30. The van der Waals surface area contributed by atoms with Gasteiger partial charge in [0, 0.05) is 0 Å². The third kappa shape index (κ3) is 1.62. The number of carboxylic acids is 1. The van der Waals surface area contributed by atoms with E-state index in [4.69, 9.17) is 16.7 Å². The van der Waals surface area contributed by atoms with Gasteiger partial charge in [-0.15, -0.1) is 10.2 Å². The van der Waals surface area contributed by atoms with Crippen LogP contribution in [0.15, 0.2) is 6.07 Å². The molecule has 0 amide bonds. The molecular formula is C6H5ClN2O3. The third-order valence-corrected chi connectivity index (χ3v) is 1.40. The topological polar surface area (TPSA) is 72.3 Å². The first-order chi connectivity index (χ1) is 5.65. The highest BCUT2D eigenvalue weighted by Gasteiger charge is 2.09. The van der Waals surface area contributed by atoms with E-state index in [1.54, 1.807) is 0 Å². The second-order valence-electron chi connectivity index (χ2n) is 1.89. The number of aromatic carboxylic acids is 1. The van der Waals surface area contributed by atoms with Gasteiger partial charge in [-0.05, 0) is 6.07 Å². The van der Waals surface area contributed by atoms with E-state index in [0.717, 1.165) is 0 Å². The molecule has 0 aliphatic carbocycles. The largest absolute Gasteiger partial charge is 0.479 e. The van der Waals surface area contributed by atoms with E-state index in [9.17, 15) is 4.79 Å². The zero-order valence-corrected chi connectivity index (χ0v) is 6.87. The number of nitrogens with zero attached hydrogens (tertiary/aromatic N) is 2. The Hall–Kier alpha value is -1.36. The Morgan fingerprint density at radius 3 is 2.75 bits per heavy atom. The normalized spacial score (nSPS) is 9.50. The summed E-state index contributed by atoms with van der Waals surface area (Å²) >= 11 is 5.58. The lowest BCUT2D eigenvalue weighted by atomic mass is 10.4. The van der Waals surface area contributed by atoms with Gasteiger partial charge in [-0.1, -0.05) is 11.6 Å². The van der Waals surface area contributed by atoms with Crippen LogP contribution in [-0.2, 0) is 0 Å². The van der Waals surface area contributed by atoms with Crippen LogP contribution in [0, 0.1) is 0 Å². The van der Waals surface area contributed by atoms with E-state index in [1.165, 1.54) is 13.2 Å². The van der Waals surface area contributed by atoms with Crippen LogP contribution in [0.25, 0.3) is 0 Å². The van der Waals surface area contributed by atoms with Crippen LogP contribution in [0.2, 0.25) is 5.02 Å². The molecule has 0 radical (unpaired) electrons. The lowest BCUT2D eigenvalue weighted by molar-refractivity contribution is 0.0689. The summed E-state index contributed by atoms with van der Waals surface area (Å²) in [5.41, 5.74) is -0.208. The van der Waals surface area contributed by atoms with Crippen LogP contribution in [0.3, 0.4) is 0 Å². The first kappa shape index (κ1) is 8.73. The van der Waals surface area contributed by atoms with Crippen LogP contribution in [0.4, 0.5) is 0 Å². The average molecular weight is 189 g/mol. The highest BCUT2D eigenvalue weighted by atomic mass is 35.5. The summed E-state index contributed by atoms with van der Waals surface area (Å²) in [4.78, 5) is 10.4. The van der Waals surface area contributed by atoms with Gasteiger partial charge >= 0.3 is 5.97 Å². The summed E-state index contributed by atoms with van der Waals surface area (Å²) in [5.74, 6) is -1.06. The van der Waals surface area contributed by atoms with Gasteiger partial charge in [-0.3, -0.25) is 0 Å². The summed E-state index contributed by atoms with van der Waals surface area (Å²) in [6.07, 6.45) is 0. The van der Waals surface area contributed by atoms with Gasteiger partial charge in [-0.25, -0.2) is 4.79 Å². The van der Waals surface area contributed by atoms with Crippen LogP contribution in [0.5, 0.6) is 5.88 Å². The molecule has 1 aromatic heterocycles. The lowest BCUT2D eigenvalue weighted by Gasteiger charge is -1.99. The maximum Gasteiger partial charge on any atom is 0.356 e. The Kier molecular flexibility index (Phi) is 2.44. The molecular weight excluding hydrogens is 184 g/mol. The Morgan fingerprint density at radius 1 is 1.67 bits per heavy atom. The summed E-state index contributed by atoms with van der Waals surface area (Å²) in [7, 11) is 1.37. The van der Waals surface area contributed by atoms with E-state index in [2.05, 4.69) is 14.9 Å². The number of methoxy groups -OCH3 is 1. The van der Waals surface area contributed by atoms with Gasteiger partial charge in [0.05, 0.1) is 7.11 Å². The van der Waals surface area contributed by atoms with Crippen molar-refractivity contribution in [1.82, 2.24) is 10.2 Å². The molecule has 12 heavy (non-hydrogen) atoms. The smallest absolute Gasteiger partial charge is 0.356 e. The highest BCUT2D eigenvalue weighted by molar-refractivity contribution is 6.32. The molecule has 0 saturated heterocycles. The fourth-order valence-corrected chi connectivity index (χ4v) is 0.819. The number of carbonyl (C=O) groups is 1. The molecule has 0 aliphatic heterocycles. The predicted molar refractivity (Wildman–Crippen MR) is 40.6 cm³/mol. The minimum Gasteiger partial charge on any atom is -0.479 e. The number of ether oxygens (including phenoxy) is 1. The number of hydrogen-bond donors (Lipinski definition) is 1. The monoisotopic (exact) mass is 188 g/mol. The fraction of sp³-hybridized carbons (Fsp3) is 0.167. The molecule has 64 valence electrons. The van der Waals surface area contributed by atoms with Crippen molar-refractivity contribution in [3.63, 3.8) is 0 Å². The van der Waals surface area contributed by atoms with E-state index < -0.39 is 5.97 Å². The standard InChI is InChI=1S/C6H5ClN2O3/c1-12-5-3(7)2-4(6(10)11)8-9-5/h2H,1H3,(H,10,11). The van der Waals surface area contributed by atoms with Crippen molar-refractivity contribution in [3.05, 3.63) is 16.8 Å². The van der Waals surface area contributed by atoms with E-state index in [1.807, 2.05) is 0 Å². The molecule has 0 aromatic carbocycles. The van der Waals surface area contributed by atoms with E-state index in [-0.39, 0.29) is 16.6 Å². The first-order valence-corrected chi connectivity index (χ1v) is 3.33. The molecule has 1 rings (SSSR count). The molecule has 0 bridgehead atoms. The first-order valence-electron chi connectivity index (χ1n) is 2.95. The van der Waals surface area contributed by atoms with Crippen molar-refractivity contribution in [3.8, 4) is 5.88 Å². The van der Waals surface area contributed by atoms with Gasteiger partial charge < -0.3 is 9.84 Å². The van der Waals surface area contributed by atoms with Gasteiger partial charge in [0.1, 0.15) is 5.02 Å². The van der Waals surface area contributed by atoms with Gasteiger partial charge in [0.25, 0.3) is 5.88 Å². The number of rotatable bonds is 2. The maximum absolute atomic E-state index is 10.4. The van der Waals surface area contributed by atoms with Crippen molar-refractivity contribution in [1.29, 1.82) is 0 Å². The molecule has 0 spiro atoms. The van der Waals surface area contributed by atoms with Crippen molar-refractivity contribution >= 4 is 17.6 Å². The summed E-state index contributed by atoms with van der Waals surface area (Å²) in [6.45, 7) is 0. The molecule has 1 heterocycles. The molecule has 6 heteroatoms. The van der Waals surface area contributed by atoms with Crippen molar-refractivity contribution in [2.75, 3.05) is 7.11 Å². The quantitative estimate of drug-likeness (QED) is 0.745. The minimum absolute atomic E-state index is 0.113.